The zero-order valence-electron chi connectivity index (χ0n) is 14.7. The van der Waals surface area contributed by atoms with Gasteiger partial charge in [-0.1, -0.05) is 47.7 Å². The Bertz CT molecular complexity index is 985. The number of aromatic nitrogens is 3. The van der Waals surface area contributed by atoms with E-state index in [0.717, 1.165) is 11.1 Å². The molecule has 0 aliphatic heterocycles. The molecule has 0 saturated carbocycles. The molecule has 2 aromatic carbocycles. The van der Waals surface area contributed by atoms with Crippen LogP contribution in [-0.4, -0.2) is 31.8 Å². The first kappa shape index (κ1) is 18.6. The molecule has 0 bridgehead atoms. The van der Waals surface area contributed by atoms with E-state index in [9.17, 15) is 14.9 Å². The molecule has 0 saturated heterocycles. The highest BCUT2D eigenvalue weighted by atomic mass is 32.2. The van der Waals surface area contributed by atoms with E-state index in [4.69, 9.17) is 0 Å². The molecule has 2 N–H and O–H groups in total. The van der Waals surface area contributed by atoms with Gasteiger partial charge >= 0.3 is 0 Å². The van der Waals surface area contributed by atoms with E-state index in [2.05, 4.69) is 20.5 Å². The summed E-state index contributed by atoms with van der Waals surface area (Å²) in [6.45, 7) is 3.65. The number of nitro groups is 1. The molecule has 1 heterocycles. The smallest absolute Gasteiger partial charge is 0.274 e. The third kappa shape index (κ3) is 4.70. The van der Waals surface area contributed by atoms with Crippen molar-refractivity contribution in [3.8, 4) is 11.4 Å². The molecule has 3 rings (SSSR count). The molecular formula is C18H17N5O3S. The molecule has 0 spiro atoms. The van der Waals surface area contributed by atoms with Gasteiger partial charge in [-0.3, -0.25) is 20.0 Å². The second kappa shape index (κ2) is 8.00. The minimum atomic E-state index is -0.472. The molecule has 1 aromatic heterocycles. The van der Waals surface area contributed by atoms with E-state index in [1.807, 2.05) is 31.2 Å². The zero-order valence-corrected chi connectivity index (χ0v) is 15.5. The number of benzene rings is 2. The second-order valence-electron chi connectivity index (χ2n) is 5.93. The van der Waals surface area contributed by atoms with Gasteiger partial charge in [-0.05, 0) is 19.9 Å². The molecule has 0 atom stereocenters. The number of nitro benzene ring substituents is 1. The fourth-order valence-corrected chi connectivity index (χ4v) is 2.96. The van der Waals surface area contributed by atoms with Gasteiger partial charge in [0.2, 0.25) is 11.1 Å². The maximum Gasteiger partial charge on any atom is 0.274 e. The largest absolute Gasteiger partial charge is 0.325 e. The molecule has 0 unspecified atom stereocenters. The molecule has 0 aliphatic rings. The van der Waals surface area contributed by atoms with Gasteiger partial charge in [0.05, 0.1) is 10.7 Å². The van der Waals surface area contributed by atoms with Crippen molar-refractivity contribution in [2.45, 2.75) is 19.0 Å². The van der Waals surface area contributed by atoms with Gasteiger partial charge in [0.1, 0.15) is 0 Å². The Morgan fingerprint density at radius 2 is 1.96 bits per heavy atom. The Hall–Kier alpha value is -3.20. The van der Waals surface area contributed by atoms with E-state index in [-0.39, 0.29) is 17.3 Å². The van der Waals surface area contributed by atoms with Crippen LogP contribution in [0.3, 0.4) is 0 Å². The number of H-pyrrole nitrogens is 1. The van der Waals surface area contributed by atoms with Crippen molar-refractivity contribution in [2.75, 3.05) is 11.1 Å². The van der Waals surface area contributed by atoms with Gasteiger partial charge in [-0.15, -0.1) is 5.10 Å². The van der Waals surface area contributed by atoms with Crippen LogP contribution in [-0.2, 0) is 4.79 Å². The molecule has 0 aliphatic carbocycles. The first-order valence-electron chi connectivity index (χ1n) is 8.09. The summed E-state index contributed by atoms with van der Waals surface area (Å²) in [5.41, 5.74) is 2.96. The summed E-state index contributed by atoms with van der Waals surface area (Å²) in [6, 6.07) is 12.4. The van der Waals surface area contributed by atoms with E-state index in [0.29, 0.717) is 22.2 Å². The summed E-state index contributed by atoms with van der Waals surface area (Å²) in [5, 5.41) is 21.0. The number of aryl methyl sites for hydroxylation is 2. The van der Waals surface area contributed by atoms with Crippen LogP contribution in [0.4, 0.5) is 11.4 Å². The maximum absolute atomic E-state index is 12.1. The fourth-order valence-electron chi connectivity index (χ4n) is 2.36. The monoisotopic (exact) mass is 383 g/mol. The molecular weight excluding hydrogens is 366 g/mol. The first-order valence-corrected chi connectivity index (χ1v) is 9.08. The average molecular weight is 383 g/mol. The third-order valence-electron chi connectivity index (χ3n) is 3.81. The minimum Gasteiger partial charge on any atom is -0.325 e. The zero-order chi connectivity index (χ0) is 19.4. The number of carbonyl (C=O) groups excluding carboxylic acids is 1. The predicted molar refractivity (Wildman–Crippen MR) is 104 cm³/mol. The number of hydrogen-bond acceptors (Lipinski definition) is 6. The molecule has 8 nitrogen and oxygen atoms in total. The third-order valence-corrected chi connectivity index (χ3v) is 4.66. The lowest BCUT2D eigenvalue weighted by Gasteiger charge is -2.05. The van der Waals surface area contributed by atoms with E-state index < -0.39 is 4.92 Å². The van der Waals surface area contributed by atoms with Crippen molar-refractivity contribution in [1.82, 2.24) is 15.2 Å². The Labute approximate surface area is 159 Å². The number of thioether (sulfide) groups is 1. The molecule has 0 fully saturated rings. The van der Waals surface area contributed by atoms with Crippen LogP contribution in [0, 0.1) is 24.0 Å². The molecule has 138 valence electrons. The molecule has 9 heteroatoms. The first-order chi connectivity index (χ1) is 12.9. The number of rotatable bonds is 6. The van der Waals surface area contributed by atoms with Crippen LogP contribution in [0.15, 0.2) is 47.6 Å². The average Bonchev–Trinajstić information content (AvgIpc) is 3.11. The number of nitrogens with zero attached hydrogens (tertiary/aromatic N) is 3. The van der Waals surface area contributed by atoms with Crippen LogP contribution in [0.5, 0.6) is 0 Å². The lowest BCUT2D eigenvalue weighted by atomic mass is 10.1. The lowest BCUT2D eigenvalue weighted by Crippen LogP contribution is -2.14. The Balaban J connectivity index is 1.59. The van der Waals surface area contributed by atoms with Gasteiger partial charge in [-0.2, -0.15) is 0 Å². The molecule has 0 radical (unpaired) electrons. The number of nitrogens with one attached hydrogen (secondary N) is 2. The van der Waals surface area contributed by atoms with Crippen LogP contribution in [0.1, 0.15) is 11.1 Å². The Kier molecular flexibility index (Phi) is 5.51. The Morgan fingerprint density at radius 1 is 1.22 bits per heavy atom. The van der Waals surface area contributed by atoms with Crippen molar-refractivity contribution in [3.05, 3.63) is 63.7 Å². The van der Waals surface area contributed by atoms with Gasteiger partial charge in [0.15, 0.2) is 5.82 Å². The molecule has 1 amide bonds. The van der Waals surface area contributed by atoms with Crippen LogP contribution in [0.25, 0.3) is 11.4 Å². The normalized spacial score (nSPS) is 10.6. The van der Waals surface area contributed by atoms with Crippen molar-refractivity contribution >= 4 is 29.0 Å². The van der Waals surface area contributed by atoms with Gasteiger partial charge in [0, 0.05) is 22.9 Å². The topological polar surface area (TPSA) is 114 Å². The van der Waals surface area contributed by atoms with Crippen LogP contribution in [0.2, 0.25) is 0 Å². The van der Waals surface area contributed by atoms with Crippen molar-refractivity contribution in [1.29, 1.82) is 0 Å². The highest BCUT2D eigenvalue weighted by Crippen LogP contribution is 2.23. The standard InChI is InChI=1S/C18H17N5O3S/c1-11-3-6-13(7-4-11)17-20-18(22-21-17)27-10-16(24)19-14-8-5-12(2)15(9-14)23(25)26/h3-9H,10H2,1-2H3,(H,19,24)(H,20,21,22). The van der Waals surface area contributed by atoms with Crippen molar-refractivity contribution in [2.24, 2.45) is 0 Å². The number of anilines is 1. The van der Waals surface area contributed by atoms with E-state index >= 15 is 0 Å². The van der Waals surface area contributed by atoms with E-state index in [1.165, 1.54) is 17.8 Å². The highest BCUT2D eigenvalue weighted by Gasteiger charge is 2.13. The lowest BCUT2D eigenvalue weighted by molar-refractivity contribution is -0.385. The summed E-state index contributed by atoms with van der Waals surface area (Å²) in [4.78, 5) is 27.0. The predicted octanol–water partition coefficient (Wildman–Crippen LogP) is 3.73. The van der Waals surface area contributed by atoms with Gasteiger partial charge in [-0.25, -0.2) is 4.98 Å². The van der Waals surface area contributed by atoms with Crippen molar-refractivity contribution < 1.29 is 9.72 Å². The van der Waals surface area contributed by atoms with Crippen molar-refractivity contribution in [3.63, 3.8) is 0 Å². The SMILES string of the molecule is Cc1ccc(-c2nc(SCC(=O)Nc3ccc(C)c([N+](=O)[O-])c3)n[nH]2)cc1. The maximum atomic E-state index is 12.1. The number of carbonyl (C=O) groups is 1. The second-order valence-corrected chi connectivity index (χ2v) is 6.87. The number of hydrogen-bond donors (Lipinski definition) is 2. The minimum absolute atomic E-state index is 0.0304. The molecule has 27 heavy (non-hydrogen) atoms. The summed E-state index contributed by atoms with van der Waals surface area (Å²) < 4.78 is 0. The fraction of sp³-hybridized carbons (Fsp3) is 0.167. The number of amides is 1. The summed E-state index contributed by atoms with van der Waals surface area (Å²) in [6.07, 6.45) is 0. The highest BCUT2D eigenvalue weighted by molar-refractivity contribution is 7.99. The summed E-state index contributed by atoms with van der Waals surface area (Å²) in [5.74, 6) is 0.430. The van der Waals surface area contributed by atoms with Crippen LogP contribution >= 0.6 is 11.8 Å². The van der Waals surface area contributed by atoms with Crippen LogP contribution < -0.4 is 5.32 Å². The van der Waals surface area contributed by atoms with E-state index in [1.54, 1.807) is 19.1 Å². The summed E-state index contributed by atoms with van der Waals surface area (Å²) >= 11 is 1.18. The van der Waals surface area contributed by atoms with Gasteiger partial charge in [0.25, 0.3) is 5.69 Å². The Morgan fingerprint density at radius 3 is 2.67 bits per heavy atom. The quantitative estimate of drug-likeness (QED) is 0.381. The molecule has 3 aromatic rings. The number of aromatic amines is 1. The van der Waals surface area contributed by atoms with Gasteiger partial charge < -0.3 is 5.32 Å². The summed E-state index contributed by atoms with van der Waals surface area (Å²) in [7, 11) is 0.